The molecule has 0 radical (unpaired) electrons. The van der Waals surface area contributed by atoms with Crippen molar-refractivity contribution in [3.8, 4) is 29.1 Å². The predicted octanol–water partition coefficient (Wildman–Crippen LogP) is 6.11. The van der Waals surface area contributed by atoms with Crippen LogP contribution in [0.25, 0.3) is 0 Å². The molecule has 0 spiro atoms. The highest BCUT2D eigenvalue weighted by molar-refractivity contribution is 14.1. The van der Waals surface area contributed by atoms with E-state index >= 15 is 0 Å². The molecule has 200 valence electrons. The van der Waals surface area contributed by atoms with Gasteiger partial charge >= 0.3 is 18.7 Å². The maximum absolute atomic E-state index is 12.6. The number of carbonyl (C=O) groups is 1. The summed E-state index contributed by atoms with van der Waals surface area (Å²) in [5, 5.41) is 9.19. The van der Waals surface area contributed by atoms with E-state index in [1.165, 1.54) is 12.2 Å². The first kappa shape index (κ1) is 30.1. The summed E-state index contributed by atoms with van der Waals surface area (Å²) < 4.78 is 93.8. The smallest absolute Gasteiger partial charge is 0.488 e. The molecular formula is C24H19F6IO6. The molecule has 2 aromatic rings. The third kappa shape index (κ3) is 11.2. The number of benzene rings is 2. The van der Waals surface area contributed by atoms with E-state index in [2.05, 4.69) is 21.3 Å². The fourth-order valence-electron chi connectivity index (χ4n) is 2.80. The van der Waals surface area contributed by atoms with Crippen molar-refractivity contribution in [1.29, 1.82) is 0 Å². The zero-order valence-corrected chi connectivity index (χ0v) is 21.1. The van der Waals surface area contributed by atoms with Crippen LogP contribution in [0.5, 0.6) is 17.2 Å². The topological polar surface area (TPSA) is 74.2 Å². The Balaban J connectivity index is 2.03. The molecule has 0 bridgehead atoms. The van der Waals surface area contributed by atoms with Crippen LogP contribution in [0.1, 0.15) is 18.1 Å². The Hall–Kier alpha value is -3.12. The highest BCUT2D eigenvalue weighted by atomic mass is 127. The number of ether oxygens (including phenoxy) is 4. The van der Waals surface area contributed by atoms with Crippen LogP contribution < -0.4 is 14.2 Å². The van der Waals surface area contributed by atoms with Gasteiger partial charge in [0, 0.05) is 19.1 Å². The number of alkyl halides is 6. The van der Waals surface area contributed by atoms with Gasteiger partial charge in [0.05, 0.1) is 9.13 Å². The molecule has 6 nitrogen and oxygen atoms in total. The summed E-state index contributed by atoms with van der Waals surface area (Å²) in [6.07, 6.45) is -8.27. The lowest BCUT2D eigenvalue weighted by Gasteiger charge is -2.13. The summed E-state index contributed by atoms with van der Waals surface area (Å²) in [6.45, 7) is 2.01. The van der Waals surface area contributed by atoms with Crippen LogP contribution in [0.4, 0.5) is 26.3 Å². The van der Waals surface area contributed by atoms with Crippen molar-refractivity contribution >= 4 is 28.6 Å². The largest absolute Gasteiger partial charge is 0.573 e. The van der Waals surface area contributed by atoms with Crippen molar-refractivity contribution in [2.24, 2.45) is 0 Å². The van der Waals surface area contributed by atoms with Gasteiger partial charge in [-0.3, -0.25) is 0 Å². The summed E-state index contributed by atoms with van der Waals surface area (Å²) in [5.74, 6) is 2.43. The molecule has 1 N–H and O–H groups in total. The van der Waals surface area contributed by atoms with Gasteiger partial charge in [0.2, 0.25) is 0 Å². The molecule has 0 fully saturated rings. The van der Waals surface area contributed by atoms with Gasteiger partial charge in [-0.05, 0) is 71.5 Å². The Morgan fingerprint density at radius 2 is 1.76 bits per heavy atom. The van der Waals surface area contributed by atoms with Crippen molar-refractivity contribution < 1.29 is 55.2 Å². The first-order valence-corrected chi connectivity index (χ1v) is 11.4. The molecule has 1 atom stereocenters. The van der Waals surface area contributed by atoms with Crippen LogP contribution in [-0.4, -0.2) is 43.1 Å². The third-order valence-corrected chi connectivity index (χ3v) is 5.06. The van der Waals surface area contributed by atoms with E-state index in [0.29, 0.717) is 15.4 Å². The molecule has 0 saturated heterocycles. The molecule has 2 rings (SSSR count). The summed E-state index contributed by atoms with van der Waals surface area (Å²) in [7, 11) is 0. The molecule has 0 aliphatic heterocycles. The van der Waals surface area contributed by atoms with Crippen molar-refractivity contribution in [2.75, 3.05) is 13.2 Å². The van der Waals surface area contributed by atoms with E-state index in [4.69, 9.17) is 9.47 Å². The van der Waals surface area contributed by atoms with Gasteiger partial charge < -0.3 is 24.1 Å². The van der Waals surface area contributed by atoms with Gasteiger partial charge in [0.15, 0.2) is 6.10 Å². The molecule has 0 aromatic heterocycles. The van der Waals surface area contributed by atoms with Crippen molar-refractivity contribution in [3.05, 3.63) is 63.2 Å². The fraction of sp³-hybridized carbons (Fsp3) is 0.292. The van der Waals surface area contributed by atoms with E-state index in [1.54, 1.807) is 25.1 Å². The lowest BCUT2D eigenvalue weighted by atomic mass is 10.1. The summed E-state index contributed by atoms with van der Waals surface area (Å²) in [5.41, 5.74) is 0.428. The molecular weight excluding hydrogens is 625 g/mol. The molecule has 0 unspecified atom stereocenters. The Morgan fingerprint density at radius 3 is 2.35 bits per heavy atom. The monoisotopic (exact) mass is 644 g/mol. The second-order valence-corrected chi connectivity index (χ2v) is 8.15. The zero-order valence-electron chi connectivity index (χ0n) is 19.0. The number of carboxylic acids is 1. The number of carboxylic acid groups (broad SMARTS) is 1. The van der Waals surface area contributed by atoms with E-state index in [1.807, 2.05) is 22.6 Å². The van der Waals surface area contributed by atoms with Gasteiger partial charge in [-0.2, -0.15) is 0 Å². The Labute approximate surface area is 221 Å². The highest BCUT2D eigenvalue weighted by Gasteiger charge is 2.34. The van der Waals surface area contributed by atoms with Gasteiger partial charge in [0.25, 0.3) is 0 Å². The van der Waals surface area contributed by atoms with Gasteiger partial charge in [-0.1, -0.05) is 17.9 Å². The molecule has 0 aliphatic carbocycles. The van der Waals surface area contributed by atoms with E-state index in [-0.39, 0.29) is 25.2 Å². The number of hydrogen-bond acceptors (Lipinski definition) is 5. The molecule has 0 saturated carbocycles. The summed E-state index contributed by atoms with van der Waals surface area (Å²) in [4.78, 5) is 11.2. The van der Waals surface area contributed by atoms with Crippen molar-refractivity contribution in [1.82, 2.24) is 0 Å². The lowest BCUT2D eigenvalue weighted by molar-refractivity contribution is -0.276. The first-order chi connectivity index (χ1) is 17.3. The molecule has 0 heterocycles. The molecule has 13 heteroatoms. The van der Waals surface area contributed by atoms with E-state index < -0.39 is 36.3 Å². The van der Waals surface area contributed by atoms with Crippen LogP contribution in [0.15, 0.2) is 48.6 Å². The van der Waals surface area contributed by atoms with Gasteiger partial charge in [0.1, 0.15) is 23.9 Å². The number of hydrogen-bond donors (Lipinski definition) is 1. The zero-order chi connectivity index (χ0) is 27.6. The van der Waals surface area contributed by atoms with Crippen molar-refractivity contribution in [3.63, 3.8) is 0 Å². The minimum Gasteiger partial charge on any atom is -0.488 e. The molecule has 0 aliphatic rings. The van der Waals surface area contributed by atoms with Crippen LogP contribution in [0, 0.1) is 15.4 Å². The molecule has 37 heavy (non-hydrogen) atoms. The second kappa shape index (κ2) is 13.4. The van der Waals surface area contributed by atoms with Crippen LogP contribution in [0.2, 0.25) is 0 Å². The Morgan fingerprint density at radius 1 is 1.05 bits per heavy atom. The SMILES string of the molecule is CCO[C@@H](Cc1ccc(OC/C=C/C#Cc2ccc(OC(F)(F)F)cc2OC(F)(F)F)c(I)c1)C(=O)O. The summed E-state index contributed by atoms with van der Waals surface area (Å²) in [6, 6.07) is 7.27. The quantitative estimate of drug-likeness (QED) is 0.191. The number of halogens is 7. The average Bonchev–Trinajstić information content (AvgIpc) is 2.76. The number of rotatable bonds is 10. The van der Waals surface area contributed by atoms with Gasteiger partial charge in [-0.25, -0.2) is 4.79 Å². The third-order valence-electron chi connectivity index (χ3n) is 4.22. The Bertz CT molecular complexity index is 1170. The molecule has 2 aromatic carbocycles. The fourth-order valence-corrected chi connectivity index (χ4v) is 3.53. The minimum absolute atomic E-state index is 0.0466. The number of allylic oxidation sites excluding steroid dienone is 1. The maximum atomic E-state index is 12.6. The van der Waals surface area contributed by atoms with E-state index in [9.17, 15) is 36.2 Å². The molecule has 0 amide bonds. The van der Waals surface area contributed by atoms with Gasteiger partial charge in [-0.15, -0.1) is 26.3 Å². The predicted molar refractivity (Wildman–Crippen MR) is 127 cm³/mol. The van der Waals surface area contributed by atoms with E-state index in [0.717, 1.165) is 17.7 Å². The van der Waals surface area contributed by atoms with Crippen LogP contribution in [-0.2, 0) is 16.0 Å². The summed E-state index contributed by atoms with van der Waals surface area (Å²) >= 11 is 2.02. The number of aliphatic carboxylic acids is 1. The van der Waals surface area contributed by atoms with Crippen LogP contribution in [0.3, 0.4) is 0 Å². The van der Waals surface area contributed by atoms with Crippen molar-refractivity contribution in [2.45, 2.75) is 32.2 Å². The lowest BCUT2D eigenvalue weighted by Crippen LogP contribution is -2.26. The second-order valence-electron chi connectivity index (χ2n) is 6.99. The normalized spacial score (nSPS) is 12.5. The average molecular weight is 644 g/mol. The maximum Gasteiger partial charge on any atom is 0.573 e. The first-order valence-electron chi connectivity index (χ1n) is 10.3. The van der Waals surface area contributed by atoms with Crippen LogP contribution >= 0.6 is 22.6 Å². The highest BCUT2D eigenvalue weighted by Crippen LogP contribution is 2.32. The standard InChI is InChI=1S/C24H19F6IO6/c1-2-34-21(22(32)33)13-15-7-10-19(18(31)12-15)35-11-5-3-4-6-16-8-9-17(36-23(25,26)27)14-20(16)37-24(28,29)30/h3,5,7-10,12,14,21H,2,11,13H2,1H3,(H,32,33)/b5-3+/t21-/m0/s1. The Kier molecular flexibility index (Phi) is 10.9. The minimum atomic E-state index is -5.15.